The molecule has 3 aromatic rings. The molecule has 2 aromatic heterocycles. The molecule has 1 fully saturated rings. The van der Waals surface area contributed by atoms with Gasteiger partial charge in [0.15, 0.2) is 5.65 Å². The van der Waals surface area contributed by atoms with Crippen molar-refractivity contribution >= 4 is 22.9 Å². The van der Waals surface area contributed by atoms with Crippen molar-refractivity contribution in [3.8, 4) is 5.69 Å². The zero-order chi connectivity index (χ0) is 20.2. The first-order chi connectivity index (χ1) is 14.2. The highest BCUT2D eigenvalue weighted by atomic mass is 16.2. The van der Waals surface area contributed by atoms with E-state index in [0.717, 1.165) is 53.3 Å². The third-order valence-corrected chi connectivity index (χ3v) is 4.90. The Kier molecular flexibility index (Phi) is 5.59. The van der Waals surface area contributed by atoms with Gasteiger partial charge in [-0.3, -0.25) is 0 Å². The normalized spacial score (nSPS) is 13.4. The Hall–Kier alpha value is -3.16. The summed E-state index contributed by atoms with van der Waals surface area (Å²) in [5.41, 5.74) is 2.68. The van der Waals surface area contributed by atoms with Crippen LogP contribution in [-0.4, -0.2) is 45.4 Å². The minimum absolute atomic E-state index is 0.145. The highest BCUT2D eigenvalue weighted by Crippen LogP contribution is 2.40. The van der Waals surface area contributed by atoms with Gasteiger partial charge in [-0.1, -0.05) is 25.1 Å². The number of rotatable bonds is 8. The van der Waals surface area contributed by atoms with Crippen LogP contribution in [0.25, 0.3) is 16.7 Å². The Morgan fingerprint density at radius 2 is 1.86 bits per heavy atom. The fraction of sp³-hybridized carbons (Fsp3) is 0.429. The third-order valence-electron chi connectivity index (χ3n) is 4.90. The second-order valence-electron chi connectivity index (χ2n) is 7.35. The van der Waals surface area contributed by atoms with Crippen molar-refractivity contribution in [2.75, 3.05) is 25.0 Å². The Morgan fingerprint density at radius 3 is 2.59 bits per heavy atom. The maximum atomic E-state index is 11.7. The highest BCUT2D eigenvalue weighted by Gasteiger charge is 2.29. The van der Waals surface area contributed by atoms with E-state index in [1.54, 1.807) is 0 Å². The van der Waals surface area contributed by atoms with E-state index in [-0.39, 0.29) is 6.03 Å². The summed E-state index contributed by atoms with van der Waals surface area (Å²) < 4.78 is 1.89. The maximum Gasteiger partial charge on any atom is 0.314 e. The Morgan fingerprint density at radius 1 is 1.10 bits per heavy atom. The number of para-hydroxylation sites is 1. The number of anilines is 1. The molecule has 29 heavy (non-hydrogen) atoms. The number of aromatic nitrogens is 4. The lowest BCUT2D eigenvalue weighted by molar-refractivity contribution is 0.241. The summed E-state index contributed by atoms with van der Waals surface area (Å²) in [6, 6.07) is 9.88. The predicted molar refractivity (Wildman–Crippen MR) is 114 cm³/mol. The van der Waals surface area contributed by atoms with Crippen LogP contribution >= 0.6 is 0 Å². The van der Waals surface area contributed by atoms with Gasteiger partial charge in [-0.2, -0.15) is 5.10 Å². The first-order valence-electron chi connectivity index (χ1n) is 10.3. The minimum atomic E-state index is -0.145. The topological polar surface area (TPSA) is 96.8 Å². The molecule has 152 valence electrons. The van der Waals surface area contributed by atoms with Gasteiger partial charge in [-0.25, -0.2) is 19.4 Å². The van der Waals surface area contributed by atoms with Crippen molar-refractivity contribution < 1.29 is 4.79 Å². The first-order valence-corrected chi connectivity index (χ1v) is 10.3. The molecule has 0 aliphatic heterocycles. The predicted octanol–water partition coefficient (Wildman–Crippen LogP) is 3.12. The number of fused-ring (bicyclic) bond motifs is 1. The molecule has 0 spiro atoms. The summed E-state index contributed by atoms with van der Waals surface area (Å²) in [6.07, 6.45) is 3.17. The largest absolute Gasteiger partial charge is 0.368 e. The molecule has 0 unspecified atom stereocenters. The second kappa shape index (κ2) is 8.46. The van der Waals surface area contributed by atoms with E-state index in [1.165, 1.54) is 0 Å². The van der Waals surface area contributed by atoms with Crippen LogP contribution in [0.5, 0.6) is 0 Å². The van der Waals surface area contributed by atoms with Crippen molar-refractivity contribution in [1.82, 2.24) is 30.4 Å². The number of amides is 2. The highest BCUT2D eigenvalue weighted by molar-refractivity contribution is 5.90. The lowest BCUT2D eigenvalue weighted by Crippen LogP contribution is -2.38. The number of hydrogen-bond donors (Lipinski definition) is 3. The average Bonchev–Trinajstić information content (AvgIpc) is 3.54. The van der Waals surface area contributed by atoms with Gasteiger partial charge < -0.3 is 16.0 Å². The molecule has 2 amide bonds. The summed E-state index contributed by atoms with van der Waals surface area (Å²) in [5.74, 6) is 2.08. The third kappa shape index (κ3) is 4.31. The number of urea groups is 1. The number of aryl methyl sites for hydroxylation is 1. The zero-order valence-electron chi connectivity index (χ0n) is 16.9. The monoisotopic (exact) mass is 393 g/mol. The Balaban J connectivity index is 1.58. The molecule has 1 aromatic carbocycles. The smallest absolute Gasteiger partial charge is 0.314 e. The van der Waals surface area contributed by atoms with E-state index < -0.39 is 0 Å². The fourth-order valence-corrected chi connectivity index (χ4v) is 3.26. The standard InChI is InChI=1S/C21H27N7O/c1-3-11-23-21(29)24-13-12-22-19-17-14(2)27-28(16-7-5-4-6-8-16)20(17)26-18(25-19)15-9-10-15/h4-8,15H,3,9-13H2,1-2H3,(H,22,25,26)(H2,23,24,29). The van der Waals surface area contributed by atoms with Crippen molar-refractivity contribution in [2.24, 2.45) is 0 Å². The molecule has 0 radical (unpaired) electrons. The van der Waals surface area contributed by atoms with E-state index in [9.17, 15) is 4.79 Å². The number of nitrogens with zero attached hydrogens (tertiary/aromatic N) is 4. The molecule has 3 N–H and O–H groups in total. The van der Waals surface area contributed by atoms with Gasteiger partial charge >= 0.3 is 6.03 Å². The van der Waals surface area contributed by atoms with Gasteiger partial charge in [0, 0.05) is 25.6 Å². The lowest BCUT2D eigenvalue weighted by Gasteiger charge is -2.11. The number of benzene rings is 1. The molecule has 1 aliphatic carbocycles. The Bertz CT molecular complexity index is 995. The van der Waals surface area contributed by atoms with Crippen molar-refractivity contribution in [1.29, 1.82) is 0 Å². The molecular formula is C21H27N7O. The van der Waals surface area contributed by atoms with Crippen LogP contribution in [0.4, 0.5) is 10.6 Å². The van der Waals surface area contributed by atoms with Crippen molar-refractivity contribution in [3.63, 3.8) is 0 Å². The van der Waals surface area contributed by atoms with Crippen LogP contribution in [0.3, 0.4) is 0 Å². The van der Waals surface area contributed by atoms with Crippen LogP contribution in [-0.2, 0) is 0 Å². The van der Waals surface area contributed by atoms with E-state index in [0.29, 0.717) is 25.6 Å². The van der Waals surface area contributed by atoms with E-state index in [1.807, 2.05) is 48.9 Å². The van der Waals surface area contributed by atoms with Crippen LogP contribution in [0.1, 0.15) is 43.6 Å². The molecule has 0 saturated heterocycles. The number of nitrogens with one attached hydrogen (secondary N) is 3. The van der Waals surface area contributed by atoms with E-state index >= 15 is 0 Å². The lowest BCUT2D eigenvalue weighted by atomic mass is 10.2. The number of carbonyl (C=O) groups is 1. The second-order valence-corrected chi connectivity index (χ2v) is 7.35. The van der Waals surface area contributed by atoms with Crippen LogP contribution < -0.4 is 16.0 Å². The molecule has 0 atom stereocenters. The molecule has 8 nitrogen and oxygen atoms in total. The van der Waals surface area contributed by atoms with Gasteiger partial charge in [0.05, 0.1) is 16.8 Å². The molecule has 8 heteroatoms. The van der Waals surface area contributed by atoms with Crippen LogP contribution in [0, 0.1) is 6.92 Å². The summed E-state index contributed by atoms with van der Waals surface area (Å²) in [6.45, 7) is 5.76. The molecule has 1 saturated carbocycles. The molecule has 2 heterocycles. The molecule has 4 rings (SSSR count). The van der Waals surface area contributed by atoms with Crippen LogP contribution in [0.15, 0.2) is 30.3 Å². The van der Waals surface area contributed by atoms with E-state index in [2.05, 4.69) is 16.0 Å². The zero-order valence-corrected chi connectivity index (χ0v) is 16.9. The van der Waals surface area contributed by atoms with Crippen LogP contribution in [0.2, 0.25) is 0 Å². The van der Waals surface area contributed by atoms with Crippen molar-refractivity contribution in [3.05, 3.63) is 41.9 Å². The summed E-state index contributed by atoms with van der Waals surface area (Å²) in [5, 5.41) is 14.7. The molecule has 0 bridgehead atoms. The Labute approximate surface area is 170 Å². The van der Waals surface area contributed by atoms with Gasteiger partial charge in [0.2, 0.25) is 0 Å². The van der Waals surface area contributed by atoms with Crippen molar-refractivity contribution in [2.45, 2.75) is 39.0 Å². The van der Waals surface area contributed by atoms with Gasteiger partial charge in [-0.15, -0.1) is 0 Å². The summed E-state index contributed by atoms with van der Waals surface area (Å²) >= 11 is 0. The number of carbonyl (C=O) groups excluding carboxylic acids is 1. The first kappa shape index (κ1) is 19.2. The quantitative estimate of drug-likeness (QED) is 0.511. The summed E-state index contributed by atoms with van der Waals surface area (Å²) in [7, 11) is 0. The molecule has 1 aliphatic rings. The van der Waals surface area contributed by atoms with Gasteiger partial charge in [-0.05, 0) is 38.3 Å². The fourth-order valence-electron chi connectivity index (χ4n) is 3.26. The SMILES string of the molecule is CCCNC(=O)NCCNc1nc(C2CC2)nc2c1c(C)nn2-c1ccccc1. The minimum Gasteiger partial charge on any atom is -0.368 e. The maximum absolute atomic E-state index is 11.7. The van der Waals surface area contributed by atoms with Gasteiger partial charge in [0.1, 0.15) is 11.6 Å². The average molecular weight is 393 g/mol. The van der Waals surface area contributed by atoms with Gasteiger partial charge in [0.25, 0.3) is 0 Å². The van der Waals surface area contributed by atoms with E-state index in [4.69, 9.17) is 15.1 Å². The molecular weight excluding hydrogens is 366 g/mol. The summed E-state index contributed by atoms with van der Waals surface area (Å²) in [4.78, 5) is 21.4. The number of hydrogen-bond acceptors (Lipinski definition) is 5.